The van der Waals surface area contributed by atoms with Crippen LogP contribution in [0, 0.1) is 5.92 Å². The Morgan fingerprint density at radius 1 is 1.35 bits per heavy atom. The fourth-order valence-electron chi connectivity index (χ4n) is 2.82. The quantitative estimate of drug-likeness (QED) is 0.301. The van der Waals surface area contributed by atoms with Crippen LogP contribution >= 0.6 is 0 Å². The van der Waals surface area contributed by atoms with E-state index in [2.05, 4.69) is 18.0 Å². The number of hydrazine groups is 1. The van der Waals surface area contributed by atoms with Gasteiger partial charge in [-0.3, -0.25) is 19.9 Å². The minimum Gasteiger partial charge on any atom is -0.396 e. The number of hydrogen-bond acceptors (Lipinski definition) is 5. The summed E-state index contributed by atoms with van der Waals surface area (Å²) >= 11 is 0. The van der Waals surface area contributed by atoms with Gasteiger partial charge in [-0.05, 0) is 25.7 Å². The van der Waals surface area contributed by atoms with Gasteiger partial charge in [0.1, 0.15) is 6.04 Å². The lowest BCUT2D eigenvalue weighted by Crippen LogP contribution is -2.55. The normalized spacial score (nSPS) is 26.7. The summed E-state index contributed by atoms with van der Waals surface area (Å²) < 4.78 is 0. The third-order valence-corrected chi connectivity index (χ3v) is 3.90. The fraction of sp³-hybridized carbons (Fsp3) is 0.643. The van der Waals surface area contributed by atoms with E-state index in [4.69, 9.17) is 11.6 Å². The van der Waals surface area contributed by atoms with E-state index >= 15 is 0 Å². The van der Waals surface area contributed by atoms with Crippen LogP contribution in [0.25, 0.3) is 0 Å². The van der Waals surface area contributed by atoms with Crippen LogP contribution in [-0.4, -0.2) is 22.9 Å². The molecule has 0 bridgehead atoms. The highest BCUT2D eigenvalue weighted by Crippen LogP contribution is 2.30. The highest BCUT2D eigenvalue weighted by Gasteiger charge is 2.34. The Balaban J connectivity index is 2.21. The molecule has 2 atom stereocenters. The number of nitrogens with zero attached hydrogens (tertiary/aromatic N) is 1. The first-order valence-electron chi connectivity index (χ1n) is 7.15. The van der Waals surface area contributed by atoms with Crippen LogP contribution in [0.1, 0.15) is 45.4 Å². The average Bonchev–Trinajstić information content (AvgIpc) is 2.40. The van der Waals surface area contributed by atoms with Crippen LogP contribution in [0.15, 0.2) is 17.1 Å². The molecular weight excluding hydrogens is 256 g/mol. The first-order valence-corrected chi connectivity index (χ1v) is 7.15. The van der Waals surface area contributed by atoms with Crippen molar-refractivity contribution in [2.75, 3.05) is 0 Å². The van der Waals surface area contributed by atoms with Gasteiger partial charge in [0.05, 0.1) is 11.4 Å². The Morgan fingerprint density at radius 3 is 2.75 bits per heavy atom. The first kappa shape index (κ1) is 14.6. The monoisotopic (exact) mass is 278 g/mol. The number of piperidine rings is 1. The van der Waals surface area contributed by atoms with E-state index < -0.39 is 6.04 Å². The number of carbonyl (C=O) groups is 2. The standard InChI is InChI=1S/C14H22N4O2/c1-2-3-9-4-5-10(15)8-12(9)18(16)11-6-7-13(19)17-14(11)20/h9,11H,2-7,15-16H2,1H3,(H,17,19,20). The fourth-order valence-corrected chi connectivity index (χ4v) is 2.82. The summed E-state index contributed by atoms with van der Waals surface area (Å²) in [6, 6.07) is -0.513. The summed E-state index contributed by atoms with van der Waals surface area (Å²) in [4.78, 5) is 23.1. The van der Waals surface area contributed by atoms with Gasteiger partial charge < -0.3 is 5.73 Å². The average molecular weight is 278 g/mol. The SMILES string of the molecule is CCCC1CCC(N)=C=C1N(N)C1CCC(=O)NC1=O. The lowest BCUT2D eigenvalue weighted by Gasteiger charge is -2.35. The van der Waals surface area contributed by atoms with Crippen molar-refractivity contribution < 1.29 is 9.59 Å². The van der Waals surface area contributed by atoms with Gasteiger partial charge in [-0.2, -0.15) is 0 Å². The van der Waals surface area contributed by atoms with Gasteiger partial charge >= 0.3 is 0 Å². The summed E-state index contributed by atoms with van der Waals surface area (Å²) in [5.74, 6) is 5.84. The topological polar surface area (TPSA) is 101 Å². The molecule has 2 aliphatic rings. The third kappa shape index (κ3) is 3.03. The zero-order valence-corrected chi connectivity index (χ0v) is 11.8. The van der Waals surface area contributed by atoms with Crippen molar-refractivity contribution in [2.24, 2.45) is 17.5 Å². The number of rotatable bonds is 4. The number of nitrogens with one attached hydrogen (secondary N) is 1. The number of imide groups is 1. The largest absolute Gasteiger partial charge is 0.396 e. The number of nitrogens with two attached hydrogens (primary N) is 2. The predicted octanol–water partition coefficient (Wildman–Crippen LogP) is 0.503. The molecule has 110 valence electrons. The van der Waals surface area contributed by atoms with Gasteiger partial charge in [0.15, 0.2) is 0 Å². The highest BCUT2D eigenvalue weighted by molar-refractivity contribution is 6.00. The molecule has 1 fully saturated rings. The van der Waals surface area contributed by atoms with E-state index in [1.807, 2.05) is 0 Å². The molecule has 0 aromatic heterocycles. The van der Waals surface area contributed by atoms with E-state index in [0.717, 1.165) is 31.4 Å². The maximum Gasteiger partial charge on any atom is 0.250 e. The molecule has 5 N–H and O–H groups in total. The number of amides is 2. The number of allylic oxidation sites excluding steroid dienone is 1. The van der Waals surface area contributed by atoms with E-state index in [9.17, 15) is 9.59 Å². The second kappa shape index (κ2) is 6.11. The minimum atomic E-state index is -0.513. The molecule has 1 heterocycles. The van der Waals surface area contributed by atoms with Gasteiger partial charge in [0, 0.05) is 12.3 Å². The van der Waals surface area contributed by atoms with Crippen LogP contribution in [0.2, 0.25) is 0 Å². The van der Waals surface area contributed by atoms with Crippen molar-refractivity contribution in [3.05, 3.63) is 17.1 Å². The lowest BCUT2D eigenvalue weighted by molar-refractivity contribution is -0.137. The molecule has 0 saturated carbocycles. The molecule has 6 nitrogen and oxygen atoms in total. The van der Waals surface area contributed by atoms with Crippen molar-refractivity contribution >= 4 is 11.8 Å². The minimum absolute atomic E-state index is 0.238. The van der Waals surface area contributed by atoms with Crippen LogP contribution in [0.4, 0.5) is 0 Å². The second-order valence-electron chi connectivity index (χ2n) is 5.43. The van der Waals surface area contributed by atoms with Gasteiger partial charge in [-0.1, -0.05) is 19.1 Å². The van der Waals surface area contributed by atoms with E-state index in [0.29, 0.717) is 18.5 Å². The zero-order valence-electron chi connectivity index (χ0n) is 11.8. The second-order valence-corrected chi connectivity index (χ2v) is 5.43. The Bertz CT molecular complexity index is 478. The smallest absolute Gasteiger partial charge is 0.250 e. The molecule has 1 saturated heterocycles. The Hall–Kier alpha value is -1.78. The summed E-state index contributed by atoms with van der Waals surface area (Å²) in [7, 11) is 0. The van der Waals surface area contributed by atoms with Gasteiger partial charge in [0.25, 0.3) is 5.91 Å². The van der Waals surface area contributed by atoms with Crippen molar-refractivity contribution in [3.63, 3.8) is 0 Å². The Morgan fingerprint density at radius 2 is 2.10 bits per heavy atom. The molecule has 0 radical (unpaired) electrons. The van der Waals surface area contributed by atoms with E-state index in [1.54, 1.807) is 0 Å². The molecule has 2 amide bonds. The van der Waals surface area contributed by atoms with Gasteiger partial charge in [-0.15, -0.1) is 0 Å². The molecule has 0 aromatic carbocycles. The summed E-state index contributed by atoms with van der Waals surface area (Å²) in [5.41, 5.74) is 10.5. The van der Waals surface area contributed by atoms with E-state index in [1.165, 1.54) is 5.01 Å². The molecule has 2 unspecified atom stereocenters. The van der Waals surface area contributed by atoms with Crippen LogP contribution < -0.4 is 16.9 Å². The highest BCUT2D eigenvalue weighted by atomic mass is 16.2. The Labute approximate surface area is 118 Å². The lowest BCUT2D eigenvalue weighted by atomic mass is 9.89. The summed E-state index contributed by atoms with van der Waals surface area (Å²) in [6.07, 6.45) is 4.54. The summed E-state index contributed by atoms with van der Waals surface area (Å²) in [6.45, 7) is 2.12. The third-order valence-electron chi connectivity index (χ3n) is 3.90. The van der Waals surface area contributed by atoms with Crippen LogP contribution in [-0.2, 0) is 9.59 Å². The van der Waals surface area contributed by atoms with E-state index in [-0.39, 0.29) is 17.7 Å². The molecule has 20 heavy (non-hydrogen) atoms. The first-order chi connectivity index (χ1) is 9.52. The maximum absolute atomic E-state index is 11.9. The van der Waals surface area contributed by atoms with Crippen molar-refractivity contribution in [2.45, 2.75) is 51.5 Å². The van der Waals surface area contributed by atoms with Crippen molar-refractivity contribution in [1.29, 1.82) is 0 Å². The van der Waals surface area contributed by atoms with Crippen LogP contribution in [0.3, 0.4) is 0 Å². The zero-order chi connectivity index (χ0) is 14.7. The molecule has 6 heteroatoms. The van der Waals surface area contributed by atoms with Crippen LogP contribution in [0.5, 0.6) is 0 Å². The van der Waals surface area contributed by atoms with Gasteiger partial charge in [0.2, 0.25) is 5.91 Å². The molecule has 2 rings (SSSR count). The van der Waals surface area contributed by atoms with Crippen molar-refractivity contribution in [1.82, 2.24) is 10.3 Å². The van der Waals surface area contributed by atoms with Gasteiger partial charge in [-0.25, -0.2) is 5.84 Å². The molecular formula is C14H22N4O2. The maximum atomic E-state index is 11.9. The Kier molecular flexibility index (Phi) is 4.47. The summed E-state index contributed by atoms with van der Waals surface area (Å²) in [5, 5.41) is 3.80. The molecule has 1 aliphatic heterocycles. The molecule has 0 spiro atoms. The number of hydrogen-bond donors (Lipinski definition) is 3. The molecule has 0 aromatic rings. The molecule has 1 aliphatic carbocycles. The number of carbonyl (C=O) groups excluding carboxylic acids is 2. The van der Waals surface area contributed by atoms with Crippen molar-refractivity contribution in [3.8, 4) is 0 Å². The predicted molar refractivity (Wildman–Crippen MR) is 74.6 cm³/mol.